The SMILES string of the molecule is CCOC(=O)[C@H]1C[C@@H]2O[C@]2(C)C1(C)C. The van der Waals surface area contributed by atoms with E-state index in [9.17, 15) is 4.79 Å². The van der Waals surface area contributed by atoms with Crippen molar-refractivity contribution in [2.75, 3.05) is 6.61 Å². The molecule has 0 aromatic rings. The lowest BCUT2D eigenvalue weighted by molar-refractivity contribution is -0.154. The zero-order valence-electron chi connectivity index (χ0n) is 9.29. The maximum absolute atomic E-state index is 11.7. The Morgan fingerprint density at radius 1 is 1.50 bits per heavy atom. The lowest BCUT2D eigenvalue weighted by Crippen LogP contribution is -2.37. The van der Waals surface area contributed by atoms with E-state index in [1.54, 1.807) is 0 Å². The first kappa shape index (κ1) is 9.97. The maximum atomic E-state index is 11.7. The van der Waals surface area contributed by atoms with E-state index in [0.717, 1.165) is 6.42 Å². The van der Waals surface area contributed by atoms with Crippen LogP contribution in [0.1, 0.15) is 34.1 Å². The summed E-state index contributed by atoms with van der Waals surface area (Å²) in [6, 6.07) is 0. The molecule has 1 aliphatic heterocycles. The van der Waals surface area contributed by atoms with Crippen LogP contribution in [-0.4, -0.2) is 24.3 Å². The highest BCUT2D eigenvalue weighted by Gasteiger charge is 2.71. The molecule has 14 heavy (non-hydrogen) atoms. The summed E-state index contributed by atoms with van der Waals surface area (Å²) in [6.45, 7) is 8.60. The molecule has 2 rings (SSSR count). The second-order valence-electron chi connectivity index (χ2n) is 4.98. The van der Waals surface area contributed by atoms with E-state index >= 15 is 0 Å². The predicted octanol–water partition coefficient (Wildman–Crippen LogP) is 1.75. The Hall–Kier alpha value is -0.570. The van der Waals surface area contributed by atoms with Gasteiger partial charge in [0.05, 0.1) is 24.2 Å². The van der Waals surface area contributed by atoms with Gasteiger partial charge in [0.25, 0.3) is 0 Å². The summed E-state index contributed by atoms with van der Waals surface area (Å²) in [7, 11) is 0. The largest absolute Gasteiger partial charge is 0.466 e. The number of esters is 1. The number of carbonyl (C=O) groups excluding carboxylic acids is 1. The second-order valence-corrected chi connectivity index (χ2v) is 4.98. The van der Waals surface area contributed by atoms with Gasteiger partial charge in [-0.2, -0.15) is 0 Å². The minimum absolute atomic E-state index is 0.00574. The molecular weight excluding hydrogens is 180 g/mol. The van der Waals surface area contributed by atoms with Crippen LogP contribution in [0.4, 0.5) is 0 Å². The Balaban J connectivity index is 2.13. The quantitative estimate of drug-likeness (QED) is 0.501. The van der Waals surface area contributed by atoms with Crippen LogP contribution in [0, 0.1) is 11.3 Å². The lowest BCUT2D eigenvalue weighted by atomic mass is 9.75. The Morgan fingerprint density at radius 2 is 2.14 bits per heavy atom. The molecule has 0 bridgehead atoms. The molecule has 1 aliphatic carbocycles. The Labute approximate surface area is 84.8 Å². The molecular formula is C11H18O3. The molecule has 0 aromatic heterocycles. The highest BCUT2D eigenvalue weighted by molar-refractivity contribution is 5.75. The Morgan fingerprint density at radius 3 is 2.57 bits per heavy atom. The monoisotopic (exact) mass is 198 g/mol. The third kappa shape index (κ3) is 1.05. The average molecular weight is 198 g/mol. The Kier molecular flexibility index (Phi) is 1.94. The van der Waals surface area contributed by atoms with Gasteiger partial charge in [-0.25, -0.2) is 0 Å². The van der Waals surface area contributed by atoms with E-state index in [-0.39, 0.29) is 29.0 Å². The summed E-state index contributed by atoms with van der Waals surface area (Å²) in [5.41, 5.74) is -0.186. The maximum Gasteiger partial charge on any atom is 0.309 e. The van der Waals surface area contributed by atoms with Gasteiger partial charge in [-0.05, 0) is 20.3 Å². The lowest BCUT2D eigenvalue weighted by Gasteiger charge is -2.31. The van der Waals surface area contributed by atoms with E-state index in [1.807, 2.05) is 6.92 Å². The molecule has 1 saturated carbocycles. The van der Waals surface area contributed by atoms with E-state index < -0.39 is 0 Å². The predicted molar refractivity (Wildman–Crippen MR) is 51.8 cm³/mol. The average Bonchev–Trinajstić information content (AvgIpc) is 2.69. The fourth-order valence-corrected chi connectivity index (χ4v) is 2.59. The Bertz CT molecular complexity index is 272. The van der Waals surface area contributed by atoms with Crippen molar-refractivity contribution in [1.82, 2.24) is 0 Å². The van der Waals surface area contributed by atoms with Gasteiger partial charge < -0.3 is 9.47 Å². The number of carbonyl (C=O) groups is 1. The van der Waals surface area contributed by atoms with Crippen molar-refractivity contribution in [3.63, 3.8) is 0 Å². The normalized spacial score (nSPS) is 43.1. The van der Waals surface area contributed by atoms with Crippen LogP contribution in [0.3, 0.4) is 0 Å². The van der Waals surface area contributed by atoms with Gasteiger partial charge in [0.1, 0.15) is 0 Å². The molecule has 1 saturated heterocycles. The zero-order chi connectivity index (χ0) is 10.6. The zero-order valence-corrected chi connectivity index (χ0v) is 9.29. The van der Waals surface area contributed by atoms with Crippen LogP contribution in [0.5, 0.6) is 0 Å². The summed E-state index contributed by atoms with van der Waals surface area (Å²) >= 11 is 0. The molecule has 2 aliphatic rings. The van der Waals surface area contributed by atoms with Crippen molar-refractivity contribution >= 4 is 5.97 Å². The minimum atomic E-state index is -0.0933. The molecule has 1 heterocycles. The molecule has 0 unspecified atom stereocenters. The van der Waals surface area contributed by atoms with E-state index in [0.29, 0.717) is 6.61 Å². The van der Waals surface area contributed by atoms with Crippen LogP contribution in [0.25, 0.3) is 0 Å². The molecule has 2 fully saturated rings. The standard InChI is InChI=1S/C11H18O3/c1-5-13-9(12)7-6-8-11(4,14-8)10(7,2)3/h7-8H,5-6H2,1-4H3/t7-,8+,11+/m1/s1. The third-order valence-electron chi connectivity index (χ3n) is 4.12. The molecule has 0 amide bonds. The highest BCUT2D eigenvalue weighted by Crippen LogP contribution is 2.63. The fourth-order valence-electron chi connectivity index (χ4n) is 2.59. The first-order valence-electron chi connectivity index (χ1n) is 5.28. The second kappa shape index (κ2) is 2.72. The topological polar surface area (TPSA) is 38.8 Å². The van der Waals surface area contributed by atoms with Crippen LogP contribution in [-0.2, 0) is 14.3 Å². The first-order chi connectivity index (χ1) is 6.43. The number of hydrogen-bond donors (Lipinski definition) is 0. The number of epoxide rings is 1. The van der Waals surface area contributed by atoms with Gasteiger partial charge >= 0.3 is 5.97 Å². The number of rotatable bonds is 2. The van der Waals surface area contributed by atoms with Crippen molar-refractivity contribution in [2.24, 2.45) is 11.3 Å². The van der Waals surface area contributed by atoms with Crippen LogP contribution in [0.2, 0.25) is 0 Å². The molecule has 0 radical (unpaired) electrons. The highest BCUT2D eigenvalue weighted by atomic mass is 16.6. The number of ether oxygens (including phenoxy) is 2. The van der Waals surface area contributed by atoms with Crippen LogP contribution < -0.4 is 0 Å². The molecule has 0 N–H and O–H groups in total. The fraction of sp³-hybridized carbons (Fsp3) is 0.909. The summed E-state index contributed by atoms with van der Waals surface area (Å²) in [5, 5.41) is 0. The number of hydrogen-bond acceptors (Lipinski definition) is 3. The molecule has 3 heteroatoms. The molecule has 3 nitrogen and oxygen atoms in total. The van der Waals surface area contributed by atoms with Crippen molar-refractivity contribution in [3.05, 3.63) is 0 Å². The van der Waals surface area contributed by atoms with Crippen molar-refractivity contribution in [2.45, 2.75) is 45.8 Å². The number of fused-ring (bicyclic) bond motifs is 1. The van der Waals surface area contributed by atoms with Gasteiger partial charge in [-0.15, -0.1) is 0 Å². The minimum Gasteiger partial charge on any atom is -0.466 e. The molecule has 3 atom stereocenters. The molecule has 0 aromatic carbocycles. The van der Waals surface area contributed by atoms with E-state index in [1.165, 1.54) is 0 Å². The smallest absolute Gasteiger partial charge is 0.309 e. The first-order valence-corrected chi connectivity index (χ1v) is 5.28. The summed E-state index contributed by atoms with van der Waals surface area (Å²) in [6.07, 6.45) is 1.09. The molecule has 80 valence electrons. The van der Waals surface area contributed by atoms with E-state index in [2.05, 4.69) is 20.8 Å². The van der Waals surface area contributed by atoms with Gasteiger partial charge in [0.2, 0.25) is 0 Å². The van der Waals surface area contributed by atoms with Crippen molar-refractivity contribution in [3.8, 4) is 0 Å². The summed E-state index contributed by atoms with van der Waals surface area (Å²) in [5.74, 6) is -0.0549. The van der Waals surface area contributed by atoms with Gasteiger partial charge in [0.15, 0.2) is 0 Å². The van der Waals surface area contributed by atoms with Gasteiger partial charge in [-0.1, -0.05) is 13.8 Å². The summed E-state index contributed by atoms with van der Waals surface area (Å²) in [4.78, 5) is 11.7. The van der Waals surface area contributed by atoms with Crippen LogP contribution in [0.15, 0.2) is 0 Å². The molecule has 0 spiro atoms. The summed E-state index contributed by atoms with van der Waals surface area (Å²) < 4.78 is 10.7. The van der Waals surface area contributed by atoms with Crippen molar-refractivity contribution < 1.29 is 14.3 Å². The van der Waals surface area contributed by atoms with Crippen molar-refractivity contribution in [1.29, 1.82) is 0 Å². The van der Waals surface area contributed by atoms with Gasteiger partial charge in [0, 0.05) is 5.41 Å². The van der Waals surface area contributed by atoms with E-state index in [4.69, 9.17) is 9.47 Å². The third-order valence-corrected chi connectivity index (χ3v) is 4.12. The van der Waals surface area contributed by atoms with Crippen LogP contribution >= 0.6 is 0 Å². The van der Waals surface area contributed by atoms with Gasteiger partial charge in [-0.3, -0.25) is 4.79 Å².